The van der Waals surface area contributed by atoms with Crippen molar-refractivity contribution in [2.75, 3.05) is 18.9 Å². The van der Waals surface area contributed by atoms with Gasteiger partial charge in [-0.3, -0.25) is 14.4 Å². The Hall–Kier alpha value is -1.85. The predicted molar refractivity (Wildman–Crippen MR) is 84.4 cm³/mol. The number of hydrogen-bond donors (Lipinski definition) is 1. The lowest BCUT2D eigenvalue weighted by Crippen LogP contribution is -2.29. The zero-order valence-corrected chi connectivity index (χ0v) is 13.2. The van der Waals surface area contributed by atoms with E-state index in [0.29, 0.717) is 18.1 Å². The number of likely N-dealkylation sites (N-methyl/N-ethyl adjacent to an activating group) is 1. The SMILES string of the molecule is Cc1c(Cl)cccc1NC(=O)CN(C)Cc1cnn(C)c1. The number of anilines is 1. The van der Waals surface area contributed by atoms with Gasteiger partial charge in [0.25, 0.3) is 0 Å². The molecule has 0 bridgehead atoms. The summed E-state index contributed by atoms with van der Waals surface area (Å²) in [6, 6.07) is 5.48. The van der Waals surface area contributed by atoms with Crippen molar-refractivity contribution in [3.05, 3.63) is 46.7 Å². The average molecular weight is 307 g/mol. The van der Waals surface area contributed by atoms with Gasteiger partial charge in [-0.05, 0) is 31.7 Å². The molecule has 1 aromatic carbocycles. The number of nitrogens with one attached hydrogen (secondary N) is 1. The monoisotopic (exact) mass is 306 g/mol. The molecule has 5 nitrogen and oxygen atoms in total. The third-order valence-corrected chi connectivity index (χ3v) is 3.58. The molecule has 112 valence electrons. The fraction of sp³-hybridized carbons (Fsp3) is 0.333. The molecule has 0 saturated heterocycles. The van der Waals surface area contributed by atoms with Crippen LogP contribution in [0.2, 0.25) is 5.02 Å². The first kappa shape index (κ1) is 15.5. The van der Waals surface area contributed by atoms with E-state index in [1.807, 2.05) is 44.2 Å². The van der Waals surface area contributed by atoms with Gasteiger partial charge in [0.15, 0.2) is 0 Å². The Balaban J connectivity index is 1.90. The number of hydrogen-bond acceptors (Lipinski definition) is 3. The fourth-order valence-corrected chi connectivity index (χ4v) is 2.27. The second-order valence-electron chi connectivity index (χ2n) is 5.16. The van der Waals surface area contributed by atoms with E-state index in [1.54, 1.807) is 16.9 Å². The van der Waals surface area contributed by atoms with Gasteiger partial charge < -0.3 is 5.32 Å². The van der Waals surface area contributed by atoms with Gasteiger partial charge in [0.2, 0.25) is 5.91 Å². The third kappa shape index (κ3) is 4.31. The van der Waals surface area contributed by atoms with E-state index in [0.717, 1.165) is 16.8 Å². The van der Waals surface area contributed by atoms with Crippen molar-refractivity contribution >= 4 is 23.2 Å². The summed E-state index contributed by atoms with van der Waals surface area (Å²) < 4.78 is 1.75. The van der Waals surface area contributed by atoms with Crippen LogP contribution in [0.4, 0.5) is 5.69 Å². The zero-order chi connectivity index (χ0) is 15.4. The van der Waals surface area contributed by atoms with Gasteiger partial charge in [-0.25, -0.2) is 0 Å². The van der Waals surface area contributed by atoms with E-state index in [9.17, 15) is 4.79 Å². The minimum atomic E-state index is -0.0632. The highest BCUT2D eigenvalue weighted by atomic mass is 35.5. The van der Waals surface area contributed by atoms with Crippen LogP contribution in [0.1, 0.15) is 11.1 Å². The molecule has 0 aliphatic carbocycles. The Morgan fingerprint density at radius 2 is 2.24 bits per heavy atom. The van der Waals surface area contributed by atoms with Crippen LogP contribution in [0.3, 0.4) is 0 Å². The van der Waals surface area contributed by atoms with Crippen molar-refractivity contribution in [2.45, 2.75) is 13.5 Å². The van der Waals surface area contributed by atoms with E-state index >= 15 is 0 Å². The van der Waals surface area contributed by atoms with Crippen LogP contribution < -0.4 is 5.32 Å². The van der Waals surface area contributed by atoms with E-state index in [-0.39, 0.29) is 5.91 Å². The first-order valence-electron chi connectivity index (χ1n) is 6.66. The van der Waals surface area contributed by atoms with E-state index in [1.165, 1.54) is 0 Å². The highest BCUT2D eigenvalue weighted by Crippen LogP contribution is 2.22. The fourth-order valence-electron chi connectivity index (χ4n) is 2.10. The Labute approximate surface area is 129 Å². The van der Waals surface area contributed by atoms with Crippen LogP contribution in [0.5, 0.6) is 0 Å². The van der Waals surface area contributed by atoms with E-state index < -0.39 is 0 Å². The zero-order valence-electron chi connectivity index (χ0n) is 12.4. The summed E-state index contributed by atoms with van der Waals surface area (Å²) in [7, 11) is 3.77. The van der Waals surface area contributed by atoms with Crippen molar-refractivity contribution in [3.63, 3.8) is 0 Å². The number of aryl methyl sites for hydroxylation is 1. The number of rotatable bonds is 5. The molecular formula is C15H19ClN4O. The van der Waals surface area contributed by atoms with Gasteiger partial charge in [0, 0.05) is 36.1 Å². The molecule has 6 heteroatoms. The lowest BCUT2D eigenvalue weighted by atomic mass is 10.2. The van der Waals surface area contributed by atoms with Gasteiger partial charge in [0.05, 0.1) is 12.7 Å². The average Bonchev–Trinajstić information content (AvgIpc) is 2.80. The molecule has 0 fully saturated rings. The van der Waals surface area contributed by atoms with Crippen LogP contribution in [0, 0.1) is 6.92 Å². The van der Waals surface area contributed by atoms with Crippen LogP contribution in [0.15, 0.2) is 30.6 Å². The van der Waals surface area contributed by atoms with Gasteiger partial charge in [0.1, 0.15) is 0 Å². The topological polar surface area (TPSA) is 50.2 Å². The van der Waals surface area contributed by atoms with Gasteiger partial charge >= 0.3 is 0 Å². The maximum absolute atomic E-state index is 12.1. The lowest BCUT2D eigenvalue weighted by Gasteiger charge is -2.16. The summed E-state index contributed by atoms with van der Waals surface area (Å²) in [6.45, 7) is 2.87. The number of benzene rings is 1. The molecule has 0 spiro atoms. The normalized spacial score (nSPS) is 10.9. The molecule has 0 unspecified atom stereocenters. The number of carbonyl (C=O) groups excluding carboxylic acids is 1. The summed E-state index contributed by atoms with van der Waals surface area (Å²) >= 11 is 6.04. The Morgan fingerprint density at radius 3 is 2.90 bits per heavy atom. The summed E-state index contributed by atoms with van der Waals surface area (Å²) in [5.41, 5.74) is 2.71. The summed E-state index contributed by atoms with van der Waals surface area (Å²) in [5.74, 6) is -0.0632. The summed E-state index contributed by atoms with van der Waals surface area (Å²) in [4.78, 5) is 14.0. The second kappa shape index (κ2) is 6.74. The first-order chi connectivity index (χ1) is 9.95. The molecule has 21 heavy (non-hydrogen) atoms. The standard InChI is InChI=1S/C15H19ClN4O/c1-11-13(16)5-4-6-14(11)18-15(21)10-19(2)8-12-7-17-20(3)9-12/h4-7,9H,8,10H2,1-3H3,(H,18,21). The van der Waals surface area contributed by atoms with Gasteiger partial charge in [-0.15, -0.1) is 0 Å². The maximum atomic E-state index is 12.1. The Kier molecular flexibility index (Phi) is 4.98. The largest absolute Gasteiger partial charge is 0.325 e. The molecule has 1 N–H and O–H groups in total. The smallest absolute Gasteiger partial charge is 0.238 e. The number of aromatic nitrogens is 2. The molecule has 0 atom stereocenters. The van der Waals surface area contributed by atoms with Crippen LogP contribution >= 0.6 is 11.6 Å². The van der Waals surface area contributed by atoms with E-state index in [2.05, 4.69) is 10.4 Å². The molecule has 0 radical (unpaired) electrons. The minimum Gasteiger partial charge on any atom is -0.325 e. The number of nitrogens with zero attached hydrogens (tertiary/aromatic N) is 3. The molecule has 2 aromatic rings. The molecule has 2 rings (SSSR count). The molecule has 0 aliphatic heterocycles. The maximum Gasteiger partial charge on any atom is 0.238 e. The summed E-state index contributed by atoms with van der Waals surface area (Å²) in [6.07, 6.45) is 3.74. The molecule has 1 amide bonds. The quantitative estimate of drug-likeness (QED) is 0.923. The highest BCUT2D eigenvalue weighted by molar-refractivity contribution is 6.31. The second-order valence-corrected chi connectivity index (χ2v) is 5.56. The van der Waals surface area contributed by atoms with Crippen molar-refractivity contribution in [1.82, 2.24) is 14.7 Å². The van der Waals surface area contributed by atoms with E-state index in [4.69, 9.17) is 11.6 Å². The van der Waals surface area contributed by atoms with Gasteiger partial charge in [-0.2, -0.15) is 5.10 Å². The van der Waals surface area contributed by atoms with Crippen molar-refractivity contribution in [3.8, 4) is 0 Å². The van der Waals surface area contributed by atoms with Crippen LogP contribution in [-0.2, 0) is 18.4 Å². The minimum absolute atomic E-state index is 0.0632. The molecular weight excluding hydrogens is 288 g/mol. The highest BCUT2D eigenvalue weighted by Gasteiger charge is 2.10. The Bertz CT molecular complexity index is 638. The molecule has 1 heterocycles. The number of halogens is 1. The lowest BCUT2D eigenvalue weighted by molar-refractivity contribution is -0.117. The molecule has 0 saturated carbocycles. The Morgan fingerprint density at radius 1 is 1.48 bits per heavy atom. The molecule has 0 aliphatic rings. The number of carbonyl (C=O) groups is 1. The third-order valence-electron chi connectivity index (χ3n) is 3.17. The van der Waals surface area contributed by atoms with Gasteiger partial charge in [-0.1, -0.05) is 17.7 Å². The first-order valence-corrected chi connectivity index (χ1v) is 7.04. The summed E-state index contributed by atoms with van der Waals surface area (Å²) in [5, 5.41) is 7.65. The number of amides is 1. The molecule has 1 aromatic heterocycles. The van der Waals surface area contributed by atoms with Crippen molar-refractivity contribution in [2.24, 2.45) is 7.05 Å². The van der Waals surface area contributed by atoms with Crippen molar-refractivity contribution < 1.29 is 4.79 Å². The van der Waals surface area contributed by atoms with Crippen LogP contribution in [-0.4, -0.2) is 34.2 Å². The predicted octanol–water partition coefficient (Wildman–Crippen LogP) is 2.45. The van der Waals surface area contributed by atoms with Crippen LogP contribution in [0.25, 0.3) is 0 Å². The van der Waals surface area contributed by atoms with Crippen molar-refractivity contribution in [1.29, 1.82) is 0 Å².